The van der Waals surface area contributed by atoms with E-state index in [2.05, 4.69) is 9.71 Å². The van der Waals surface area contributed by atoms with Crippen molar-refractivity contribution in [2.75, 3.05) is 13.2 Å². The van der Waals surface area contributed by atoms with Crippen molar-refractivity contribution in [1.29, 1.82) is 0 Å². The van der Waals surface area contributed by atoms with E-state index >= 15 is 0 Å². The molecule has 1 heterocycles. The third-order valence-corrected chi connectivity index (χ3v) is 5.18. The number of hydrogen-bond donors (Lipinski definition) is 2. The summed E-state index contributed by atoms with van der Waals surface area (Å²) in [5.74, 6) is -0.0786. The summed E-state index contributed by atoms with van der Waals surface area (Å²) in [7, 11) is -3.40. The first kappa shape index (κ1) is 17.8. The Morgan fingerprint density at radius 3 is 2.70 bits per heavy atom. The minimum Gasteiger partial charge on any atom is -0.396 e. The minimum absolute atomic E-state index is 0.0786. The van der Waals surface area contributed by atoms with Crippen LogP contribution in [0.2, 0.25) is 0 Å². The van der Waals surface area contributed by atoms with E-state index in [1.165, 1.54) is 0 Å². The standard InChI is InChI=1S/C17H24N2O3S/c1-17(2,13-20)9-5-11-19-23(21,22)12-15-7-3-6-14-8-4-10-18-16(14)15/h3-4,6-8,10,19-20H,5,9,11-13H2,1-2H3. The van der Waals surface area contributed by atoms with Crippen LogP contribution in [0.1, 0.15) is 32.3 Å². The van der Waals surface area contributed by atoms with Gasteiger partial charge in [0.2, 0.25) is 10.0 Å². The highest BCUT2D eigenvalue weighted by Gasteiger charge is 2.17. The molecule has 0 amide bonds. The lowest BCUT2D eigenvalue weighted by atomic mass is 9.89. The molecule has 5 nitrogen and oxygen atoms in total. The molecule has 0 aliphatic rings. The fourth-order valence-corrected chi connectivity index (χ4v) is 3.61. The fourth-order valence-electron chi connectivity index (χ4n) is 2.41. The number of rotatable bonds is 8. The van der Waals surface area contributed by atoms with Gasteiger partial charge in [-0.1, -0.05) is 38.1 Å². The third-order valence-electron chi connectivity index (χ3n) is 3.84. The SMILES string of the molecule is CC(C)(CO)CCCNS(=O)(=O)Cc1cccc2cccnc12. The highest BCUT2D eigenvalue weighted by molar-refractivity contribution is 7.88. The molecule has 0 saturated heterocycles. The first-order valence-electron chi connectivity index (χ1n) is 7.74. The topological polar surface area (TPSA) is 79.3 Å². The highest BCUT2D eigenvalue weighted by atomic mass is 32.2. The van der Waals surface area contributed by atoms with Crippen molar-refractivity contribution in [2.24, 2.45) is 5.41 Å². The van der Waals surface area contributed by atoms with Gasteiger partial charge in [-0.3, -0.25) is 4.98 Å². The van der Waals surface area contributed by atoms with Crippen LogP contribution in [0.4, 0.5) is 0 Å². The van der Waals surface area contributed by atoms with Crippen LogP contribution >= 0.6 is 0 Å². The first-order chi connectivity index (χ1) is 10.8. The number of aromatic nitrogens is 1. The molecule has 2 aromatic rings. The number of fused-ring (bicyclic) bond motifs is 1. The molecule has 1 aromatic carbocycles. The number of nitrogens with zero attached hydrogens (tertiary/aromatic N) is 1. The van der Waals surface area contributed by atoms with Gasteiger partial charge in [-0.25, -0.2) is 13.1 Å². The van der Waals surface area contributed by atoms with E-state index in [0.29, 0.717) is 18.5 Å². The summed E-state index contributed by atoms with van der Waals surface area (Å²) in [5.41, 5.74) is 1.25. The molecule has 6 heteroatoms. The maximum atomic E-state index is 12.2. The van der Waals surface area contributed by atoms with Gasteiger partial charge in [0.25, 0.3) is 0 Å². The largest absolute Gasteiger partial charge is 0.396 e. The third kappa shape index (κ3) is 5.27. The van der Waals surface area contributed by atoms with Gasteiger partial charge in [0.05, 0.1) is 11.3 Å². The number of aliphatic hydroxyl groups excluding tert-OH is 1. The van der Waals surface area contributed by atoms with E-state index in [-0.39, 0.29) is 17.8 Å². The average molecular weight is 336 g/mol. The van der Waals surface area contributed by atoms with Crippen molar-refractivity contribution >= 4 is 20.9 Å². The number of hydrogen-bond acceptors (Lipinski definition) is 4. The smallest absolute Gasteiger partial charge is 0.215 e. The van der Waals surface area contributed by atoms with Crippen LogP contribution in [0.5, 0.6) is 0 Å². The van der Waals surface area contributed by atoms with E-state index in [9.17, 15) is 13.5 Å². The molecule has 0 saturated carbocycles. The minimum atomic E-state index is -3.40. The van der Waals surface area contributed by atoms with E-state index in [1.807, 2.05) is 38.1 Å². The van der Waals surface area contributed by atoms with Gasteiger partial charge >= 0.3 is 0 Å². The quantitative estimate of drug-likeness (QED) is 0.726. The molecule has 0 aliphatic heterocycles. The van der Waals surface area contributed by atoms with Gasteiger partial charge < -0.3 is 5.11 Å². The maximum Gasteiger partial charge on any atom is 0.215 e. The maximum absolute atomic E-state index is 12.2. The van der Waals surface area contributed by atoms with Crippen molar-refractivity contribution in [3.63, 3.8) is 0 Å². The molecular weight excluding hydrogens is 312 g/mol. The molecule has 2 rings (SSSR count). The number of nitrogens with one attached hydrogen (secondary N) is 1. The lowest BCUT2D eigenvalue weighted by molar-refractivity contribution is 0.148. The van der Waals surface area contributed by atoms with Gasteiger partial charge in [-0.05, 0) is 29.9 Å². The zero-order valence-electron chi connectivity index (χ0n) is 13.6. The van der Waals surface area contributed by atoms with E-state index in [0.717, 1.165) is 17.3 Å². The van der Waals surface area contributed by atoms with Gasteiger partial charge in [-0.2, -0.15) is 0 Å². The molecule has 0 fully saturated rings. The second-order valence-corrected chi connectivity index (χ2v) is 8.38. The first-order valence-corrected chi connectivity index (χ1v) is 9.39. The Balaban J connectivity index is 1.98. The van der Waals surface area contributed by atoms with E-state index < -0.39 is 10.0 Å². The predicted molar refractivity (Wildman–Crippen MR) is 92.5 cm³/mol. The Morgan fingerprint density at radius 2 is 1.96 bits per heavy atom. The molecule has 2 N–H and O–H groups in total. The van der Waals surface area contributed by atoms with Crippen molar-refractivity contribution in [1.82, 2.24) is 9.71 Å². The normalized spacial score (nSPS) is 12.7. The van der Waals surface area contributed by atoms with Crippen LogP contribution in [0.15, 0.2) is 36.5 Å². The number of para-hydroxylation sites is 1. The van der Waals surface area contributed by atoms with Gasteiger partial charge in [0.1, 0.15) is 0 Å². The Hall–Kier alpha value is -1.50. The summed E-state index contributed by atoms with van der Waals surface area (Å²) in [5, 5.41) is 10.1. The van der Waals surface area contributed by atoms with Crippen LogP contribution in [-0.2, 0) is 15.8 Å². The Labute approximate surface area is 137 Å². The van der Waals surface area contributed by atoms with Crippen molar-refractivity contribution in [2.45, 2.75) is 32.4 Å². The summed E-state index contributed by atoms with van der Waals surface area (Å²) >= 11 is 0. The Kier molecular flexibility index (Phi) is 5.73. The number of sulfonamides is 1. The van der Waals surface area contributed by atoms with Crippen LogP contribution in [0.25, 0.3) is 10.9 Å². The molecule has 23 heavy (non-hydrogen) atoms. The molecule has 0 spiro atoms. The number of pyridine rings is 1. The van der Waals surface area contributed by atoms with Crippen LogP contribution < -0.4 is 4.72 Å². The molecule has 0 aliphatic carbocycles. The lowest BCUT2D eigenvalue weighted by Crippen LogP contribution is -2.27. The monoisotopic (exact) mass is 336 g/mol. The summed E-state index contributed by atoms with van der Waals surface area (Å²) in [6.45, 7) is 4.40. The number of benzene rings is 1. The molecular formula is C17H24N2O3S. The van der Waals surface area contributed by atoms with Crippen molar-refractivity contribution in [3.8, 4) is 0 Å². The molecule has 1 aromatic heterocycles. The van der Waals surface area contributed by atoms with Gasteiger partial charge in [0.15, 0.2) is 0 Å². The van der Waals surface area contributed by atoms with Crippen LogP contribution in [0.3, 0.4) is 0 Å². The van der Waals surface area contributed by atoms with Crippen molar-refractivity contribution < 1.29 is 13.5 Å². The molecule has 0 atom stereocenters. The molecule has 0 unspecified atom stereocenters. The second kappa shape index (κ2) is 7.38. The van der Waals surface area contributed by atoms with E-state index in [1.54, 1.807) is 12.3 Å². The summed E-state index contributed by atoms with van der Waals surface area (Å²) in [6.07, 6.45) is 3.13. The Morgan fingerprint density at radius 1 is 1.22 bits per heavy atom. The average Bonchev–Trinajstić information content (AvgIpc) is 2.52. The molecule has 0 radical (unpaired) electrons. The van der Waals surface area contributed by atoms with Gasteiger partial charge in [-0.15, -0.1) is 0 Å². The van der Waals surface area contributed by atoms with Crippen LogP contribution in [-0.4, -0.2) is 31.7 Å². The summed E-state index contributed by atoms with van der Waals surface area (Å²) in [4.78, 5) is 4.29. The zero-order valence-corrected chi connectivity index (χ0v) is 14.4. The molecule has 0 bridgehead atoms. The Bertz CT molecular complexity index is 752. The predicted octanol–water partition coefficient (Wildman–Crippen LogP) is 2.45. The van der Waals surface area contributed by atoms with Crippen LogP contribution in [0, 0.1) is 5.41 Å². The van der Waals surface area contributed by atoms with E-state index in [4.69, 9.17) is 0 Å². The zero-order chi connectivity index (χ0) is 16.9. The second-order valence-electron chi connectivity index (χ2n) is 6.57. The number of aliphatic hydroxyl groups is 1. The fraction of sp³-hybridized carbons (Fsp3) is 0.471. The van der Waals surface area contributed by atoms with Gasteiger partial charge in [0, 0.05) is 24.7 Å². The summed E-state index contributed by atoms with van der Waals surface area (Å²) in [6, 6.07) is 9.32. The summed E-state index contributed by atoms with van der Waals surface area (Å²) < 4.78 is 27.1. The lowest BCUT2D eigenvalue weighted by Gasteiger charge is -2.21. The molecule has 126 valence electrons. The van der Waals surface area contributed by atoms with Crippen molar-refractivity contribution in [3.05, 3.63) is 42.1 Å². The highest BCUT2D eigenvalue weighted by Crippen LogP contribution is 2.21.